The lowest BCUT2D eigenvalue weighted by molar-refractivity contribution is -0.145. The Morgan fingerprint density at radius 1 is 1.19 bits per heavy atom. The maximum atomic E-state index is 12.2. The first-order chi connectivity index (χ1) is 12.4. The lowest BCUT2D eigenvalue weighted by Gasteiger charge is -2.16. The van der Waals surface area contributed by atoms with E-state index in [4.69, 9.17) is 44.3 Å². The number of halogens is 3. The molecule has 1 aromatic carbocycles. The van der Waals surface area contributed by atoms with E-state index in [1.807, 2.05) is 13.8 Å². The molecule has 0 spiro atoms. The number of anilines is 1. The van der Waals surface area contributed by atoms with Gasteiger partial charge in [-0.2, -0.15) is 0 Å². The minimum absolute atomic E-state index is 0.102. The van der Waals surface area contributed by atoms with Gasteiger partial charge in [-0.05, 0) is 26.0 Å². The van der Waals surface area contributed by atoms with Crippen molar-refractivity contribution in [2.45, 2.75) is 26.7 Å². The Balaban J connectivity index is 1.97. The molecule has 0 aliphatic rings. The molecule has 1 aromatic heterocycles. The Morgan fingerprint density at radius 3 is 2.38 bits per heavy atom. The summed E-state index contributed by atoms with van der Waals surface area (Å²) in [5.41, 5.74) is 5.53. The lowest BCUT2D eigenvalue weighted by Crippen LogP contribution is -2.30. The molecule has 0 saturated heterocycles. The van der Waals surface area contributed by atoms with Crippen molar-refractivity contribution in [3.8, 4) is 0 Å². The predicted molar refractivity (Wildman–Crippen MR) is 99.6 cm³/mol. The fraction of sp³-hybridized carbons (Fsp3) is 0.400. The Kier molecular flexibility index (Phi) is 7.92. The van der Waals surface area contributed by atoms with Crippen LogP contribution in [0.2, 0.25) is 15.1 Å². The Labute approximate surface area is 165 Å². The van der Waals surface area contributed by atoms with Crippen LogP contribution in [0.15, 0.2) is 18.3 Å². The molecule has 8 nitrogen and oxygen atoms in total. The summed E-state index contributed by atoms with van der Waals surface area (Å²) < 4.78 is 12.3. The molecule has 0 unspecified atom stereocenters. The monoisotopic (exact) mass is 421 g/mol. The van der Waals surface area contributed by atoms with Gasteiger partial charge in [-0.3, -0.25) is 15.6 Å². The van der Waals surface area contributed by atoms with E-state index in [-0.39, 0.29) is 15.7 Å². The Morgan fingerprint density at radius 2 is 1.81 bits per heavy atom. The van der Waals surface area contributed by atoms with Gasteiger partial charge in [-0.15, -0.1) is 5.10 Å². The molecule has 11 heteroatoms. The smallest absolute Gasteiger partial charge is 0.291 e. The van der Waals surface area contributed by atoms with Crippen molar-refractivity contribution in [3.63, 3.8) is 0 Å². The van der Waals surface area contributed by atoms with E-state index in [0.29, 0.717) is 30.5 Å². The molecule has 2 aromatic rings. The highest BCUT2D eigenvalue weighted by Gasteiger charge is 2.15. The topological polar surface area (TPSA) is 90.3 Å². The van der Waals surface area contributed by atoms with E-state index in [9.17, 15) is 4.79 Å². The van der Waals surface area contributed by atoms with E-state index in [2.05, 4.69) is 21.2 Å². The molecule has 142 valence electrons. The van der Waals surface area contributed by atoms with E-state index in [1.54, 1.807) is 0 Å². The van der Waals surface area contributed by atoms with Crippen LogP contribution < -0.4 is 10.9 Å². The van der Waals surface area contributed by atoms with Crippen LogP contribution >= 0.6 is 34.8 Å². The van der Waals surface area contributed by atoms with Gasteiger partial charge >= 0.3 is 0 Å². The normalized spacial score (nSPS) is 11.0. The Hall–Kier alpha value is -1.58. The SMILES string of the molecule is CCOC(Cn1cc(C(=O)NNc2c(Cl)cc(Cl)cc2Cl)nn1)OCC. The number of ether oxygens (including phenoxy) is 2. The quantitative estimate of drug-likeness (QED) is 0.475. The number of nitrogens with one attached hydrogen (secondary N) is 2. The number of benzene rings is 1. The molecule has 0 aliphatic heterocycles. The molecule has 2 rings (SSSR count). The summed E-state index contributed by atoms with van der Waals surface area (Å²) in [5, 5.41) is 8.63. The number of hydrogen-bond donors (Lipinski definition) is 2. The lowest BCUT2D eigenvalue weighted by atomic mass is 10.3. The second-order valence-electron chi connectivity index (χ2n) is 4.99. The summed E-state index contributed by atoms with van der Waals surface area (Å²) in [5.74, 6) is -0.511. The molecule has 26 heavy (non-hydrogen) atoms. The first-order valence-corrected chi connectivity index (χ1v) is 8.92. The second kappa shape index (κ2) is 9.94. The number of carbonyl (C=O) groups is 1. The van der Waals surface area contributed by atoms with Crippen molar-refractivity contribution in [2.24, 2.45) is 0 Å². The predicted octanol–water partition coefficient (Wildman–Crippen LogP) is 3.39. The first kappa shape index (κ1) is 20.7. The van der Waals surface area contributed by atoms with Crippen molar-refractivity contribution in [1.29, 1.82) is 0 Å². The van der Waals surface area contributed by atoms with Crippen LogP contribution in [0.1, 0.15) is 24.3 Å². The molecule has 0 fully saturated rings. The van der Waals surface area contributed by atoms with Gasteiger partial charge in [0.2, 0.25) is 0 Å². The fourth-order valence-corrected chi connectivity index (χ4v) is 2.93. The first-order valence-electron chi connectivity index (χ1n) is 7.78. The number of rotatable bonds is 9. The van der Waals surface area contributed by atoms with Crippen LogP contribution in [0.4, 0.5) is 5.69 Å². The zero-order valence-corrected chi connectivity index (χ0v) is 16.4. The summed E-state index contributed by atoms with van der Waals surface area (Å²) >= 11 is 17.9. The van der Waals surface area contributed by atoms with Crippen LogP contribution in [-0.2, 0) is 16.0 Å². The number of hydrazine groups is 1. The molecule has 0 bridgehead atoms. The highest BCUT2D eigenvalue weighted by molar-refractivity contribution is 6.41. The molecule has 1 heterocycles. The average Bonchev–Trinajstić information content (AvgIpc) is 3.02. The zero-order chi connectivity index (χ0) is 19.1. The third kappa shape index (κ3) is 5.72. The third-order valence-corrected chi connectivity index (χ3v) is 3.93. The Bertz CT molecular complexity index is 727. The van der Waals surface area contributed by atoms with Crippen molar-refractivity contribution in [2.75, 3.05) is 18.6 Å². The zero-order valence-electron chi connectivity index (χ0n) is 14.1. The molecule has 0 aliphatic carbocycles. The third-order valence-electron chi connectivity index (χ3n) is 3.12. The summed E-state index contributed by atoms with van der Waals surface area (Å²) in [7, 11) is 0. The summed E-state index contributed by atoms with van der Waals surface area (Å²) in [6, 6.07) is 3.00. The molecule has 0 atom stereocenters. The minimum Gasteiger partial charge on any atom is -0.351 e. The largest absolute Gasteiger partial charge is 0.351 e. The van der Waals surface area contributed by atoms with Crippen molar-refractivity contribution < 1.29 is 14.3 Å². The van der Waals surface area contributed by atoms with E-state index in [1.165, 1.54) is 23.0 Å². The van der Waals surface area contributed by atoms with Crippen LogP contribution in [0.25, 0.3) is 0 Å². The molecule has 2 N–H and O–H groups in total. The number of amides is 1. The summed E-state index contributed by atoms with van der Waals surface area (Å²) in [4.78, 5) is 12.2. The minimum atomic E-state index is -0.511. The van der Waals surface area contributed by atoms with Crippen LogP contribution in [0.3, 0.4) is 0 Å². The maximum Gasteiger partial charge on any atom is 0.291 e. The summed E-state index contributed by atoms with van der Waals surface area (Å²) in [6.45, 7) is 5.04. The highest BCUT2D eigenvalue weighted by Crippen LogP contribution is 2.33. The van der Waals surface area contributed by atoms with Gasteiger partial charge in [0.05, 0.1) is 28.5 Å². The van der Waals surface area contributed by atoms with Gasteiger partial charge in [0.15, 0.2) is 12.0 Å². The number of nitrogens with zero attached hydrogens (tertiary/aromatic N) is 3. The van der Waals surface area contributed by atoms with E-state index in [0.717, 1.165) is 0 Å². The molecule has 0 radical (unpaired) electrons. The van der Waals surface area contributed by atoms with E-state index < -0.39 is 12.2 Å². The number of aromatic nitrogens is 3. The van der Waals surface area contributed by atoms with Crippen molar-refractivity contribution >= 4 is 46.4 Å². The van der Waals surface area contributed by atoms with Crippen LogP contribution in [-0.4, -0.2) is 40.4 Å². The van der Waals surface area contributed by atoms with Gasteiger partial charge in [0, 0.05) is 18.2 Å². The number of hydrogen-bond acceptors (Lipinski definition) is 6. The van der Waals surface area contributed by atoms with E-state index >= 15 is 0 Å². The van der Waals surface area contributed by atoms with Crippen LogP contribution in [0.5, 0.6) is 0 Å². The van der Waals surface area contributed by atoms with Gasteiger partial charge in [0.25, 0.3) is 5.91 Å². The molecular formula is C15H18Cl3N5O3. The van der Waals surface area contributed by atoms with Crippen molar-refractivity contribution in [1.82, 2.24) is 20.4 Å². The van der Waals surface area contributed by atoms with Crippen molar-refractivity contribution in [3.05, 3.63) is 39.1 Å². The second-order valence-corrected chi connectivity index (χ2v) is 6.24. The van der Waals surface area contributed by atoms with Crippen LogP contribution in [0, 0.1) is 0 Å². The highest BCUT2D eigenvalue weighted by atomic mass is 35.5. The molecule has 1 amide bonds. The average molecular weight is 423 g/mol. The number of carbonyl (C=O) groups excluding carboxylic acids is 1. The molecule has 0 saturated carbocycles. The standard InChI is InChI=1S/C15H18Cl3N5O3/c1-3-25-13(26-4-2)8-23-7-12(19-22-23)15(24)21-20-14-10(17)5-9(16)6-11(14)18/h5-7,13,20H,3-4,8H2,1-2H3,(H,21,24). The van der Waals surface area contributed by atoms with Gasteiger partial charge < -0.3 is 9.47 Å². The fourth-order valence-electron chi connectivity index (χ4n) is 2.01. The van der Waals surface area contributed by atoms with Gasteiger partial charge in [0.1, 0.15) is 0 Å². The molecular weight excluding hydrogens is 405 g/mol. The van der Waals surface area contributed by atoms with Gasteiger partial charge in [-0.25, -0.2) is 4.68 Å². The maximum absolute atomic E-state index is 12.2. The van der Waals surface area contributed by atoms with Gasteiger partial charge in [-0.1, -0.05) is 40.0 Å². The summed E-state index contributed by atoms with van der Waals surface area (Å²) in [6.07, 6.45) is 1.01.